The van der Waals surface area contributed by atoms with Crippen molar-refractivity contribution in [3.05, 3.63) is 20.8 Å². The average Bonchev–Trinajstić information content (AvgIpc) is 2.82. The maximum Gasteiger partial charge on any atom is 0.0905 e. The van der Waals surface area contributed by atoms with Crippen LogP contribution in [0, 0.1) is 0 Å². The lowest BCUT2D eigenvalue weighted by Crippen LogP contribution is -2.50. The van der Waals surface area contributed by atoms with E-state index in [0.29, 0.717) is 6.04 Å². The van der Waals surface area contributed by atoms with E-state index in [-0.39, 0.29) is 12.1 Å². The monoisotopic (exact) mass is 346 g/mol. The summed E-state index contributed by atoms with van der Waals surface area (Å²) in [5.41, 5.74) is 0. The molecule has 0 spiro atoms. The molecule has 108 valence electrons. The minimum absolute atomic E-state index is 0.228. The number of thiophene rings is 1. The van der Waals surface area contributed by atoms with E-state index >= 15 is 0 Å². The SMILES string of the molecule is CCNC(c1sccc1Br)C1CN(C(C)C)CCO1. The van der Waals surface area contributed by atoms with Gasteiger partial charge in [0.1, 0.15) is 0 Å². The van der Waals surface area contributed by atoms with Gasteiger partial charge < -0.3 is 10.1 Å². The lowest BCUT2D eigenvalue weighted by molar-refractivity contribution is -0.0554. The lowest BCUT2D eigenvalue weighted by atomic mass is 10.1. The average molecular weight is 347 g/mol. The van der Waals surface area contributed by atoms with Crippen LogP contribution in [-0.2, 0) is 4.74 Å². The summed E-state index contributed by atoms with van der Waals surface area (Å²) in [6, 6.07) is 2.98. The Morgan fingerprint density at radius 3 is 2.95 bits per heavy atom. The van der Waals surface area contributed by atoms with Crippen LogP contribution in [0.25, 0.3) is 0 Å². The van der Waals surface area contributed by atoms with Gasteiger partial charge in [0, 0.05) is 28.5 Å². The molecule has 1 aromatic rings. The van der Waals surface area contributed by atoms with Gasteiger partial charge in [-0.05, 0) is 47.8 Å². The van der Waals surface area contributed by atoms with Crippen molar-refractivity contribution in [1.82, 2.24) is 10.2 Å². The minimum atomic E-state index is 0.228. The van der Waals surface area contributed by atoms with Crippen molar-refractivity contribution < 1.29 is 4.74 Å². The third kappa shape index (κ3) is 3.79. The summed E-state index contributed by atoms with van der Waals surface area (Å²) in [4.78, 5) is 3.84. The van der Waals surface area contributed by atoms with Crippen LogP contribution in [0.5, 0.6) is 0 Å². The molecule has 0 amide bonds. The molecular weight excluding hydrogens is 324 g/mol. The fourth-order valence-corrected chi connectivity index (χ4v) is 4.25. The highest BCUT2D eigenvalue weighted by molar-refractivity contribution is 9.10. The molecule has 2 atom stereocenters. The van der Waals surface area contributed by atoms with Crippen LogP contribution in [-0.4, -0.2) is 43.3 Å². The Morgan fingerprint density at radius 1 is 1.58 bits per heavy atom. The van der Waals surface area contributed by atoms with Crippen LogP contribution in [0.3, 0.4) is 0 Å². The normalized spacial score (nSPS) is 22.9. The van der Waals surface area contributed by atoms with Gasteiger partial charge in [-0.3, -0.25) is 4.90 Å². The van der Waals surface area contributed by atoms with Gasteiger partial charge in [0.05, 0.1) is 18.8 Å². The predicted molar refractivity (Wildman–Crippen MR) is 84.9 cm³/mol. The van der Waals surface area contributed by atoms with Gasteiger partial charge in [0.25, 0.3) is 0 Å². The van der Waals surface area contributed by atoms with Crippen molar-refractivity contribution >= 4 is 27.3 Å². The number of nitrogens with one attached hydrogen (secondary N) is 1. The first-order chi connectivity index (χ1) is 9.13. The molecule has 2 heterocycles. The topological polar surface area (TPSA) is 24.5 Å². The molecule has 0 radical (unpaired) electrons. The number of likely N-dealkylation sites (N-methyl/N-ethyl adjacent to an activating group) is 1. The zero-order chi connectivity index (χ0) is 13.8. The molecule has 2 rings (SSSR count). The van der Waals surface area contributed by atoms with E-state index in [4.69, 9.17) is 4.74 Å². The molecule has 0 saturated carbocycles. The van der Waals surface area contributed by atoms with Crippen molar-refractivity contribution in [3.8, 4) is 0 Å². The van der Waals surface area contributed by atoms with Crippen LogP contribution in [0.2, 0.25) is 0 Å². The minimum Gasteiger partial charge on any atom is -0.374 e. The summed E-state index contributed by atoms with van der Waals surface area (Å²) in [6.45, 7) is 10.5. The van der Waals surface area contributed by atoms with Gasteiger partial charge in [-0.25, -0.2) is 0 Å². The van der Waals surface area contributed by atoms with E-state index in [1.165, 1.54) is 9.35 Å². The second kappa shape index (κ2) is 7.18. The number of hydrogen-bond acceptors (Lipinski definition) is 4. The van der Waals surface area contributed by atoms with Gasteiger partial charge in [0.15, 0.2) is 0 Å². The Hall–Kier alpha value is 0.0600. The molecule has 0 aliphatic carbocycles. The zero-order valence-electron chi connectivity index (χ0n) is 11.9. The van der Waals surface area contributed by atoms with Gasteiger partial charge in [-0.15, -0.1) is 11.3 Å². The molecule has 1 aliphatic heterocycles. The van der Waals surface area contributed by atoms with Crippen LogP contribution >= 0.6 is 27.3 Å². The zero-order valence-corrected chi connectivity index (χ0v) is 14.3. The Kier molecular flexibility index (Phi) is 5.84. The number of hydrogen-bond donors (Lipinski definition) is 1. The molecular formula is C14H23BrN2OS. The highest BCUT2D eigenvalue weighted by Crippen LogP contribution is 2.33. The highest BCUT2D eigenvalue weighted by Gasteiger charge is 2.31. The van der Waals surface area contributed by atoms with E-state index in [2.05, 4.69) is 58.4 Å². The first-order valence-electron chi connectivity index (χ1n) is 6.95. The van der Waals surface area contributed by atoms with E-state index in [1.807, 2.05) is 0 Å². The Morgan fingerprint density at radius 2 is 2.37 bits per heavy atom. The summed E-state index contributed by atoms with van der Waals surface area (Å²) in [5, 5.41) is 5.72. The molecule has 5 heteroatoms. The van der Waals surface area contributed by atoms with E-state index < -0.39 is 0 Å². The van der Waals surface area contributed by atoms with Crippen molar-refractivity contribution in [2.75, 3.05) is 26.2 Å². The van der Waals surface area contributed by atoms with Crippen molar-refractivity contribution in [2.24, 2.45) is 0 Å². The van der Waals surface area contributed by atoms with E-state index in [0.717, 1.165) is 26.2 Å². The summed E-state index contributed by atoms with van der Waals surface area (Å²) in [6.07, 6.45) is 0.228. The molecule has 0 bridgehead atoms. The molecule has 3 nitrogen and oxygen atoms in total. The second-order valence-corrected chi connectivity index (χ2v) is 6.97. The second-order valence-electron chi connectivity index (χ2n) is 5.17. The first-order valence-corrected chi connectivity index (χ1v) is 8.62. The molecule has 1 aromatic heterocycles. The van der Waals surface area contributed by atoms with Crippen LogP contribution in [0.15, 0.2) is 15.9 Å². The molecule has 1 N–H and O–H groups in total. The molecule has 1 aliphatic rings. The highest BCUT2D eigenvalue weighted by atomic mass is 79.9. The molecule has 19 heavy (non-hydrogen) atoms. The van der Waals surface area contributed by atoms with Crippen molar-refractivity contribution in [3.63, 3.8) is 0 Å². The van der Waals surface area contributed by atoms with Crippen molar-refractivity contribution in [2.45, 2.75) is 39.0 Å². The Bertz CT molecular complexity index is 397. The summed E-state index contributed by atoms with van der Waals surface area (Å²) >= 11 is 5.44. The third-order valence-electron chi connectivity index (χ3n) is 3.58. The van der Waals surface area contributed by atoms with Crippen LogP contribution in [0.1, 0.15) is 31.7 Å². The fourth-order valence-electron chi connectivity index (χ4n) is 2.51. The smallest absolute Gasteiger partial charge is 0.0905 e. The van der Waals surface area contributed by atoms with Gasteiger partial charge in [0.2, 0.25) is 0 Å². The third-order valence-corrected chi connectivity index (χ3v) is 5.53. The molecule has 2 unspecified atom stereocenters. The number of nitrogens with zero attached hydrogens (tertiary/aromatic N) is 1. The summed E-state index contributed by atoms with van der Waals surface area (Å²) < 4.78 is 7.22. The fraction of sp³-hybridized carbons (Fsp3) is 0.714. The predicted octanol–water partition coefficient (Wildman–Crippen LogP) is 3.27. The Labute approximate surface area is 128 Å². The maximum absolute atomic E-state index is 6.03. The quantitative estimate of drug-likeness (QED) is 0.885. The first kappa shape index (κ1) is 15.4. The number of rotatable bonds is 5. The van der Waals surface area contributed by atoms with Gasteiger partial charge in [-0.2, -0.15) is 0 Å². The van der Waals surface area contributed by atoms with Gasteiger partial charge in [-0.1, -0.05) is 6.92 Å². The Balaban J connectivity index is 2.13. The number of morpholine rings is 1. The van der Waals surface area contributed by atoms with E-state index in [9.17, 15) is 0 Å². The molecule has 1 saturated heterocycles. The molecule has 0 aromatic carbocycles. The maximum atomic E-state index is 6.03. The van der Waals surface area contributed by atoms with Crippen LogP contribution in [0.4, 0.5) is 0 Å². The lowest BCUT2D eigenvalue weighted by Gasteiger charge is -2.39. The van der Waals surface area contributed by atoms with Crippen LogP contribution < -0.4 is 5.32 Å². The summed E-state index contributed by atoms with van der Waals surface area (Å²) in [5.74, 6) is 0. The van der Waals surface area contributed by atoms with Gasteiger partial charge >= 0.3 is 0 Å². The number of halogens is 1. The standard InChI is InChI=1S/C14H23BrN2OS/c1-4-16-13(14-11(15)5-8-19-14)12-9-17(10(2)3)6-7-18-12/h5,8,10,12-13,16H,4,6-7,9H2,1-3H3. The van der Waals surface area contributed by atoms with Crippen molar-refractivity contribution in [1.29, 1.82) is 0 Å². The van der Waals surface area contributed by atoms with E-state index in [1.54, 1.807) is 11.3 Å². The molecule has 1 fully saturated rings. The number of ether oxygens (including phenoxy) is 1. The largest absolute Gasteiger partial charge is 0.374 e. The summed E-state index contributed by atoms with van der Waals surface area (Å²) in [7, 11) is 0.